The first-order chi connectivity index (χ1) is 9.54. The Balaban J connectivity index is 3.22. The maximum Gasteiger partial charge on any atom is 0.356 e. The fourth-order valence-electron chi connectivity index (χ4n) is 1.80. The van der Waals surface area contributed by atoms with Gasteiger partial charge in [0, 0.05) is 19.2 Å². The molecule has 0 spiro atoms. The van der Waals surface area contributed by atoms with E-state index in [1.165, 1.54) is 19.2 Å². The number of hydrogen-bond donors (Lipinski definition) is 0. The fourth-order valence-corrected chi connectivity index (χ4v) is 1.80. The molecule has 1 aromatic rings. The molecule has 20 heavy (non-hydrogen) atoms. The predicted octanol–water partition coefficient (Wildman–Crippen LogP) is 2.40. The molecule has 0 N–H and O–H groups in total. The van der Waals surface area contributed by atoms with Gasteiger partial charge >= 0.3 is 11.7 Å². The van der Waals surface area contributed by atoms with Gasteiger partial charge in [0.1, 0.15) is 0 Å². The zero-order valence-electron chi connectivity index (χ0n) is 12.0. The van der Waals surface area contributed by atoms with Crippen molar-refractivity contribution in [1.82, 2.24) is 4.98 Å². The summed E-state index contributed by atoms with van der Waals surface area (Å²) in [5.74, 6) is -0.387. The van der Waals surface area contributed by atoms with Gasteiger partial charge in [-0.2, -0.15) is 0 Å². The van der Waals surface area contributed by atoms with Gasteiger partial charge in [-0.15, -0.1) is 0 Å². The summed E-state index contributed by atoms with van der Waals surface area (Å²) in [5.41, 5.74) is -0.0290. The Morgan fingerprint density at radius 3 is 2.65 bits per heavy atom. The molecule has 0 radical (unpaired) electrons. The molecular formula is C13H19N3O4. The smallest absolute Gasteiger partial charge is 0.356 e. The van der Waals surface area contributed by atoms with E-state index in [9.17, 15) is 14.9 Å². The van der Waals surface area contributed by atoms with E-state index < -0.39 is 10.9 Å². The minimum atomic E-state index is -0.604. The van der Waals surface area contributed by atoms with Crippen LogP contribution in [0.1, 0.15) is 37.2 Å². The van der Waals surface area contributed by atoms with Crippen LogP contribution in [0.3, 0.4) is 0 Å². The third-order valence-electron chi connectivity index (χ3n) is 2.91. The van der Waals surface area contributed by atoms with Crippen molar-refractivity contribution in [3.63, 3.8) is 0 Å². The topological polar surface area (TPSA) is 85.6 Å². The number of nitro groups is 1. The summed E-state index contributed by atoms with van der Waals surface area (Å²) in [4.78, 5) is 28.0. The number of aromatic nitrogens is 1. The molecule has 0 fully saturated rings. The van der Waals surface area contributed by atoms with Gasteiger partial charge in [-0.3, -0.25) is 10.1 Å². The van der Waals surface area contributed by atoms with Gasteiger partial charge < -0.3 is 9.64 Å². The number of anilines is 1. The molecule has 7 heteroatoms. The molecule has 7 nitrogen and oxygen atoms in total. The summed E-state index contributed by atoms with van der Waals surface area (Å²) >= 11 is 0. The Morgan fingerprint density at radius 1 is 1.45 bits per heavy atom. The standard InChI is InChI=1S/C13H19N3O4/c1-4-6-9-15(5-2)12-11(16(18)19)8-7-10(14-12)13(17)20-3/h7-8H,4-6,9H2,1-3H3. The van der Waals surface area contributed by atoms with Crippen LogP contribution in [-0.4, -0.2) is 36.1 Å². The van der Waals surface area contributed by atoms with E-state index in [1.807, 2.05) is 13.8 Å². The van der Waals surface area contributed by atoms with Crippen LogP contribution >= 0.6 is 0 Å². The highest BCUT2D eigenvalue weighted by atomic mass is 16.6. The van der Waals surface area contributed by atoms with Gasteiger partial charge in [0.25, 0.3) is 0 Å². The lowest BCUT2D eigenvalue weighted by Crippen LogP contribution is -2.26. The number of carbonyl (C=O) groups is 1. The summed E-state index contributed by atoms with van der Waals surface area (Å²) in [6, 6.07) is 2.60. The first kappa shape index (κ1) is 15.9. The molecule has 0 saturated carbocycles. The van der Waals surface area contributed by atoms with Crippen LogP contribution in [0.5, 0.6) is 0 Å². The van der Waals surface area contributed by atoms with Gasteiger partial charge in [-0.05, 0) is 19.4 Å². The lowest BCUT2D eigenvalue weighted by molar-refractivity contribution is -0.384. The Bertz CT molecular complexity index is 491. The lowest BCUT2D eigenvalue weighted by Gasteiger charge is -2.21. The molecule has 0 atom stereocenters. The van der Waals surface area contributed by atoms with Crippen molar-refractivity contribution in [2.24, 2.45) is 0 Å². The van der Waals surface area contributed by atoms with E-state index in [2.05, 4.69) is 9.72 Å². The van der Waals surface area contributed by atoms with Crippen molar-refractivity contribution in [2.75, 3.05) is 25.1 Å². The number of pyridine rings is 1. The lowest BCUT2D eigenvalue weighted by atomic mass is 10.2. The summed E-state index contributed by atoms with van der Waals surface area (Å²) in [7, 11) is 1.25. The summed E-state index contributed by atoms with van der Waals surface area (Å²) in [6.45, 7) is 5.18. The third kappa shape index (κ3) is 3.66. The highest BCUT2D eigenvalue weighted by Crippen LogP contribution is 2.26. The average molecular weight is 281 g/mol. The highest BCUT2D eigenvalue weighted by Gasteiger charge is 2.22. The molecular weight excluding hydrogens is 262 g/mol. The number of methoxy groups -OCH3 is 1. The first-order valence-corrected chi connectivity index (χ1v) is 6.53. The van der Waals surface area contributed by atoms with E-state index in [0.29, 0.717) is 13.1 Å². The Labute approximate surface area is 117 Å². The third-order valence-corrected chi connectivity index (χ3v) is 2.91. The zero-order chi connectivity index (χ0) is 15.1. The Morgan fingerprint density at radius 2 is 2.15 bits per heavy atom. The minimum absolute atomic E-state index is 0.0723. The van der Waals surface area contributed by atoms with Crippen molar-refractivity contribution in [1.29, 1.82) is 0 Å². The van der Waals surface area contributed by atoms with E-state index in [4.69, 9.17) is 0 Å². The number of rotatable bonds is 7. The molecule has 0 amide bonds. The maximum atomic E-state index is 11.5. The molecule has 0 aliphatic carbocycles. The first-order valence-electron chi connectivity index (χ1n) is 6.53. The largest absolute Gasteiger partial charge is 0.464 e. The molecule has 0 aliphatic heterocycles. The highest BCUT2D eigenvalue weighted by molar-refractivity contribution is 5.88. The van der Waals surface area contributed by atoms with E-state index in [1.54, 1.807) is 4.90 Å². The van der Waals surface area contributed by atoms with E-state index in [-0.39, 0.29) is 17.2 Å². The number of carbonyl (C=O) groups excluding carboxylic acids is 1. The molecule has 1 aromatic heterocycles. The molecule has 0 saturated heterocycles. The molecule has 1 rings (SSSR count). The number of ether oxygens (including phenoxy) is 1. The second kappa shape index (κ2) is 7.42. The number of esters is 1. The van der Waals surface area contributed by atoms with Crippen LogP contribution < -0.4 is 4.90 Å². The molecule has 0 aliphatic rings. The molecule has 0 unspecified atom stereocenters. The van der Waals surface area contributed by atoms with E-state index in [0.717, 1.165) is 12.8 Å². The molecule has 0 aromatic carbocycles. The number of hydrogen-bond acceptors (Lipinski definition) is 6. The molecule has 110 valence electrons. The summed E-state index contributed by atoms with van der Waals surface area (Å²) < 4.78 is 4.60. The van der Waals surface area contributed by atoms with Crippen molar-refractivity contribution in [2.45, 2.75) is 26.7 Å². The normalized spacial score (nSPS) is 10.2. The van der Waals surface area contributed by atoms with Crippen LogP contribution in [0.15, 0.2) is 12.1 Å². The quantitative estimate of drug-likeness (QED) is 0.433. The SMILES string of the molecule is CCCCN(CC)c1nc(C(=O)OC)ccc1[N+](=O)[O-]. The average Bonchev–Trinajstić information content (AvgIpc) is 2.46. The minimum Gasteiger partial charge on any atom is -0.464 e. The van der Waals surface area contributed by atoms with Crippen LogP contribution in [0, 0.1) is 10.1 Å². The maximum absolute atomic E-state index is 11.5. The van der Waals surface area contributed by atoms with Gasteiger partial charge in [-0.25, -0.2) is 9.78 Å². The van der Waals surface area contributed by atoms with Gasteiger partial charge in [0.2, 0.25) is 5.82 Å². The summed E-state index contributed by atoms with van der Waals surface area (Å²) in [6.07, 6.45) is 1.87. The van der Waals surface area contributed by atoms with Crippen molar-refractivity contribution in [3.8, 4) is 0 Å². The number of nitrogens with zero attached hydrogens (tertiary/aromatic N) is 3. The predicted molar refractivity (Wildman–Crippen MR) is 75.0 cm³/mol. The summed E-state index contributed by atoms with van der Waals surface area (Å²) in [5, 5.41) is 11.1. The second-order valence-corrected chi connectivity index (χ2v) is 4.22. The second-order valence-electron chi connectivity index (χ2n) is 4.22. The van der Waals surface area contributed by atoms with E-state index >= 15 is 0 Å². The van der Waals surface area contributed by atoms with Crippen molar-refractivity contribution >= 4 is 17.5 Å². The fraction of sp³-hybridized carbons (Fsp3) is 0.538. The molecule has 0 bridgehead atoms. The van der Waals surface area contributed by atoms with Gasteiger partial charge in [0.15, 0.2) is 5.69 Å². The van der Waals surface area contributed by atoms with Crippen molar-refractivity contribution < 1.29 is 14.5 Å². The van der Waals surface area contributed by atoms with Crippen LogP contribution in [0.2, 0.25) is 0 Å². The zero-order valence-corrected chi connectivity index (χ0v) is 12.0. The monoisotopic (exact) mass is 281 g/mol. The van der Waals surface area contributed by atoms with Crippen LogP contribution in [0.4, 0.5) is 11.5 Å². The van der Waals surface area contributed by atoms with Crippen molar-refractivity contribution in [3.05, 3.63) is 27.9 Å². The van der Waals surface area contributed by atoms with Gasteiger partial charge in [-0.1, -0.05) is 13.3 Å². The molecule has 1 heterocycles. The van der Waals surface area contributed by atoms with Gasteiger partial charge in [0.05, 0.1) is 12.0 Å². The Kier molecular flexibility index (Phi) is 5.89. The number of unbranched alkanes of at least 4 members (excludes halogenated alkanes) is 1. The van der Waals surface area contributed by atoms with Crippen LogP contribution in [-0.2, 0) is 4.74 Å². The van der Waals surface area contributed by atoms with Crippen LogP contribution in [0.25, 0.3) is 0 Å². The Hall–Kier alpha value is -2.18.